The molecule has 0 amide bonds. The first kappa shape index (κ1) is 8.78. The van der Waals surface area contributed by atoms with Gasteiger partial charge in [0.2, 0.25) is 0 Å². The van der Waals surface area contributed by atoms with E-state index < -0.39 is 0 Å². The quantitative estimate of drug-likeness (QED) is 0.813. The van der Waals surface area contributed by atoms with Crippen LogP contribution in [0.2, 0.25) is 0 Å². The van der Waals surface area contributed by atoms with Crippen LogP contribution in [0.1, 0.15) is 5.56 Å². The van der Waals surface area contributed by atoms with Crippen LogP contribution in [-0.4, -0.2) is 4.57 Å². The van der Waals surface area contributed by atoms with E-state index in [1.807, 2.05) is 13.1 Å². The summed E-state index contributed by atoms with van der Waals surface area (Å²) in [6.45, 7) is 0.583. The molecule has 1 heterocycles. The lowest BCUT2D eigenvalue weighted by Gasteiger charge is -2.00. The molecule has 0 aliphatic carbocycles. The van der Waals surface area contributed by atoms with E-state index in [4.69, 9.17) is 5.73 Å². The molecular formula is C10H11BrN2. The first-order valence-corrected chi connectivity index (χ1v) is 4.96. The number of aromatic nitrogens is 1. The molecule has 0 saturated heterocycles. The highest BCUT2D eigenvalue weighted by atomic mass is 79.9. The second-order valence-electron chi connectivity index (χ2n) is 3.10. The Labute approximate surface area is 85.5 Å². The molecule has 2 nitrogen and oxygen atoms in total. The predicted octanol–water partition coefficient (Wildman–Crippen LogP) is 2.40. The van der Waals surface area contributed by atoms with E-state index in [0.29, 0.717) is 6.54 Å². The maximum Gasteiger partial charge on any atom is 0.0492 e. The summed E-state index contributed by atoms with van der Waals surface area (Å²) in [6.07, 6.45) is 2.06. The van der Waals surface area contributed by atoms with Crippen LogP contribution in [0.5, 0.6) is 0 Å². The van der Waals surface area contributed by atoms with Crippen molar-refractivity contribution in [3.8, 4) is 0 Å². The van der Waals surface area contributed by atoms with Gasteiger partial charge in [-0.3, -0.25) is 0 Å². The number of benzene rings is 1. The maximum absolute atomic E-state index is 5.66. The van der Waals surface area contributed by atoms with Gasteiger partial charge in [-0.25, -0.2) is 0 Å². The third-order valence-corrected chi connectivity index (χ3v) is 2.88. The first-order chi connectivity index (χ1) is 6.24. The Kier molecular flexibility index (Phi) is 2.14. The summed E-state index contributed by atoms with van der Waals surface area (Å²) in [5.41, 5.74) is 8.07. The van der Waals surface area contributed by atoms with Gasteiger partial charge < -0.3 is 10.3 Å². The molecule has 1 aromatic carbocycles. The van der Waals surface area contributed by atoms with Crippen molar-refractivity contribution in [2.75, 3.05) is 0 Å². The molecule has 0 aliphatic heterocycles. The molecule has 0 bridgehead atoms. The molecule has 13 heavy (non-hydrogen) atoms. The lowest BCUT2D eigenvalue weighted by Crippen LogP contribution is -1.96. The van der Waals surface area contributed by atoms with E-state index in [0.717, 1.165) is 4.47 Å². The highest BCUT2D eigenvalue weighted by molar-refractivity contribution is 9.10. The van der Waals surface area contributed by atoms with Gasteiger partial charge in [-0.2, -0.15) is 0 Å². The van der Waals surface area contributed by atoms with Gasteiger partial charge in [-0.15, -0.1) is 0 Å². The number of rotatable bonds is 1. The van der Waals surface area contributed by atoms with E-state index in [2.05, 4.69) is 38.8 Å². The van der Waals surface area contributed by atoms with Crippen molar-refractivity contribution in [3.05, 3.63) is 34.4 Å². The predicted molar refractivity (Wildman–Crippen MR) is 58.5 cm³/mol. The third kappa shape index (κ3) is 1.28. The minimum absolute atomic E-state index is 0.583. The van der Waals surface area contributed by atoms with E-state index >= 15 is 0 Å². The van der Waals surface area contributed by atoms with E-state index in [1.165, 1.54) is 16.5 Å². The van der Waals surface area contributed by atoms with Gasteiger partial charge in [-0.05, 0) is 27.6 Å². The molecule has 2 rings (SSSR count). The molecule has 1 aromatic heterocycles. The number of aryl methyl sites for hydroxylation is 1. The Balaban J connectivity index is 2.88. The maximum atomic E-state index is 5.66. The molecule has 0 radical (unpaired) electrons. The van der Waals surface area contributed by atoms with Crippen LogP contribution in [0.3, 0.4) is 0 Å². The standard InChI is InChI=1S/C10H11BrN2/c1-13-6-8(11)10-7(5-12)3-2-4-9(10)13/h2-4,6H,5,12H2,1H3. The number of halogens is 1. The van der Waals surface area contributed by atoms with Crippen molar-refractivity contribution in [1.82, 2.24) is 4.57 Å². The molecule has 0 aliphatic rings. The number of hydrogen-bond acceptors (Lipinski definition) is 1. The van der Waals surface area contributed by atoms with Gasteiger partial charge in [0, 0.05) is 35.2 Å². The Bertz CT molecular complexity index is 445. The van der Waals surface area contributed by atoms with Crippen LogP contribution in [0.15, 0.2) is 28.9 Å². The molecular weight excluding hydrogens is 228 g/mol. The average molecular weight is 239 g/mol. The van der Waals surface area contributed by atoms with Gasteiger partial charge >= 0.3 is 0 Å². The fourth-order valence-corrected chi connectivity index (χ4v) is 2.40. The number of nitrogens with zero attached hydrogens (tertiary/aromatic N) is 1. The summed E-state index contributed by atoms with van der Waals surface area (Å²) < 4.78 is 3.21. The topological polar surface area (TPSA) is 30.9 Å². The Morgan fingerprint density at radius 2 is 2.23 bits per heavy atom. The fraction of sp³-hybridized carbons (Fsp3) is 0.200. The molecule has 2 aromatic rings. The normalized spacial score (nSPS) is 11.0. The van der Waals surface area contributed by atoms with Crippen LogP contribution in [0, 0.1) is 0 Å². The van der Waals surface area contributed by atoms with Gasteiger partial charge in [0.1, 0.15) is 0 Å². The number of hydrogen-bond donors (Lipinski definition) is 1. The largest absolute Gasteiger partial charge is 0.349 e. The van der Waals surface area contributed by atoms with Crippen molar-refractivity contribution in [2.45, 2.75) is 6.54 Å². The molecule has 0 fully saturated rings. The SMILES string of the molecule is Cn1cc(Br)c2c(CN)cccc21. The second kappa shape index (κ2) is 3.16. The highest BCUT2D eigenvalue weighted by Gasteiger charge is 2.06. The Morgan fingerprint density at radius 1 is 1.46 bits per heavy atom. The average Bonchev–Trinajstić information content (AvgIpc) is 2.43. The molecule has 2 N–H and O–H groups in total. The van der Waals surface area contributed by atoms with Crippen molar-refractivity contribution < 1.29 is 0 Å². The van der Waals surface area contributed by atoms with Gasteiger partial charge in [0.05, 0.1) is 0 Å². The summed E-state index contributed by atoms with van der Waals surface area (Å²) >= 11 is 3.53. The van der Waals surface area contributed by atoms with Crippen molar-refractivity contribution in [3.63, 3.8) is 0 Å². The molecule has 0 atom stereocenters. The summed E-state index contributed by atoms with van der Waals surface area (Å²) in [5.74, 6) is 0. The third-order valence-electron chi connectivity index (χ3n) is 2.27. The van der Waals surface area contributed by atoms with Crippen LogP contribution in [0.4, 0.5) is 0 Å². The summed E-state index contributed by atoms with van der Waals surface area (Å²) in [7, 11) is 2.04. The monoisotopic (exact) mass is 238 g/mol. The van der Waals surface area contributed by atoms with Crippen LogP contribution < -0.4 is 5.73 Å². The minimum atomic E-state index is 0.583. The smallest absolute Gasteiger partial charge is 0.0492 e. The number of fused-ring (bicyclic) bond motifs is 1. The molecule has 0 saturated carbocycles. The van der Waals surface area contributed by atoms with E-state index in [9.17, 15) is 0 Å². The van der Waals surface area contributed by atoms with Crippen molar-refractivity contribution in [2.24, 2.45) is 12.8 Å². The highest BCUT2D eigenvalue weighted by Crippen LogP contribution is 2.28. The number of nitrogens with two attached hydrogens (primary N) is 1. The van der Waals surface area contributed by atoms with Crippen LogP contribution >= 0.6 is 15.9 Å². The van der Waals surface area contributed by atoms with Crippen LogP contribution in [0.25, 0.3) is 10.9 Å². The summed E-state index contributed by atoms with van der Waals surface area (Å²) in [6, 6.07) is 6.20. The molecule has 0 unspecified atom stereocenters. The lowest BCUT2D eigenvalue weighted by molar-refractivity contribution is 0.966. The summed E-state index contributed by atoms with van der Waals surface area (Å²) in [4.78, 5) is 0. The van der Waals surface area contributed by atoms with E-state index in [1.54, 1.807) is 0 Å². The zero-order chi connectivity index (χ0) is 9.42. The van der Waals surface area contributed by atoms with E-state index in [-0.39, 0.29) is 0 Å². The first-order valence-electron chi connectivity index (χ1n) is 4.16. The molecule has 0 spiro atoms. The van der Waals surface area contributed by atoms with Crippen molar-refractivity contribution in [1.29, 1.82) is 0 Å². The molecule has 3 heteroatoms. The second-order valence-corrected chi connectivity index (χ2v) is 3.96. The van der Waals surface area contributed by atoms with Gasteiger partial charge in [0.25, 0.3) is 0 Å². The fourth-order valence-electron chi connectivity index (χ4n) is 1.63. The molecule has 68 valence electrons. The minimum Gasteiger partial charge on any atom is -0.349 e. The Hall–Kier alpha value is -0.800. The summed E-state index contributed by atoms with van der Waals surface area (Å²) in [5, 5.41) is 1.23. The lowest BCUT2D eigenvalue weighted by atomic mass is 10.1. The zero-order valence-corrected chi connectivity index (χ0v) is 9.01. The zero-order valence-electron chi connectivity index (χ0n) is 7.42. The van der Waals surface area contributed by atoms with Crippen LogP contribution in [-0.2, 0) is 13.6 Å². The Morgan fingerprint density at radius 3 is 2.92 bits per heavy atom. The van der Waals surface area contributed by atoms with Gasteiger partial charge in [-0.1, -0.05) is 12.1 Å². The van der Waals surface area contributed by atoms with Crippen molar-refractivity contribution >= 4 is 26.8 Å². The van der Waals surface area contributed by atoms with Gasteiger partial charge in [0.15, 0.2) is 0 Å².